The molecule has 118 valence electrons. The van der Waals surface area contributed by atoms with E-state index in [1.165, 1.54) is 0 Å². The number of carbonyl (C=O) groups excluding carboxylic acids is 2. The van der Waals surface area contributed by atoms with Crippen LogP contribution in [0.2, 0.25) is 0 Å². The molecule has 1 amide bonds. The molecule has 0 heterocycles. The van der Waals surface area contributed by atoms with E-state index < -0.39 is 17.3 Å². The quantitative estimate of drug-likeness (QED) is 0.533. The van der Waals surface area contributed by atoms with Gasteiger partial charge in [-0.05, 0) is 25.2 Å². The summed E-state index contributed by atoms with van der Waals surface area (Å²) in [6, 6.07) is 0. The van der Waals surface area contributed by atoms with Crippen LogP contribution in [0.15, 0.2) is 0 Å². The first-order chi connectivity index (χ1) is 9.18. The third-order valence-electron chi connectivity index (χ3n) is 3.56. The molecule has 0 saturated carbocycles. The Labute approximate surface area is 123 Å². The Balaban J connectivity index is 5.15. The third kappa shape index (κ3) is 5.51. The number of hydrogen-bond acceptors (Lipinski definition) is 3. The topological polar surface area (TPSA) is 46.6 Å². The van der Waals surface area contributed by atoms with E-state index in [0.29, 0.717) is 25.6 Å². The Hall–Kier alpha value is -1.06. The zero-order valence-electron chi connectivity index (χ0n) is 14.2. The Morgan fingerprint density at radius 3 is 2.05 bits per heavy atom. The zero-order chi connectivity index (χ0) is 15.9. The monoisotopic (exact) mass is 285 g/mol. The van der Waals surface area contributed by atoms with Gasteiger partial charge in [-0.1, -0.05) is 41.0 Å². The molecule has 0 aromatic heterocycles. The minimum atomic E-state index is -0.730. The van der Waals surface area contributed by atoms with Gasteiger partial charge in [0.2, 0.25) is 5.91 Å². The number of hydrogen-bond donors (Lipinski definition) is 0. The van der Waals surface area contributed by atoms with Crippen molar-refractivity contribution in [2.75, 3.05) is 19.7 Å². The molecule has 0 radical (unpaired) electrons. The summed E-state index contributed by atoms with van der Waals surface area (Å²) in [7, 11) is 0. The number of carbonyl (C=O) groups is 2. The summed E-state index contributed by atoms with van der Waals surface area (Å²) in [5.41, 5.74) is -0.438. The van der Waals surface area contributed by atoms with Crippen LogP contribution in [0.1, 0.15) is 54.9 Å². The molecule has 4 nitrogen and oxygen atoms in total. The molecular weight excluding hydrogens is 254 g/mol. The second-order valence-corrected chi connectivity index (χ2v) is 6.44. The lowest BCUT2D eigenvalue weighted by Gasteiger charge is -2.33. The van der Waals surface area contributed by atoms with Crippen molar-refractivity contribution in [3.05, 3.63) is 0 Å². The van der Waals surface area contributed by atoms with Crippen molar-refractivity contribution >= 4 is 11.9 Å². The lowest BCUT2D eigenvalue weighted by Crippen LogP contribution is -2.47. The van der Waals surface area contributed by atoms with Crippen LogP contribution >= 0.6 is 0 Å². The van der Waals surface area contributed by atoms with Gasteiger partial charge in [-0.3, -0.25) is 9.59 Å². The molecule has 0 rings (SSSR count). The Kier molecular flexibility index (Phi) is 7.84. The third-order valence-corrected chi connectivity index (χ3v) is 3.56. The molecule has 0 aliphatic heterocycles. The molecule has 4 heteroatoms. The van der Waals surface area contributed by atoms with Gasteiger partial charge in [0.15, 0.2) is 0 Å². The zero-order valence-corrected chi connectivity index (χ0v) is 14.2. The van der Waals surface area contributed by atoms with Gasteiger partial charge in [0.1, 0.15) is 5.92 Å². The van der Waals surface area contributed by atoms with Crippen LogP contribution < -0.4 is 0 Å². The average molecular weight is 285 g/mol. The number of nitrogens with zero attached hydrogens (tertiary/aromatic N) is 1. The second-order valence-electron chi connectivity index (χ2n) is 6.44. The van der Waals surface area contributed by atoms with Crippen LogP contribution in [0, 0.1) is 17.3 Å². The Bertz CT molecular complexity index is 320. The molecular formula is C16H31NO3. The van der Waals surface area contributed by atoms with Gasteiger partial charge in [0.05, 0.1) is 6.61 Å². The number of esters is 1. The molecule has 20 heavy (non-hydrogen) atoms. The SMILES string of the molecule is CCOC(=O)C(C(=O)N(CC)CC(C)CC)C(C)(C)C. The molecule has 0 saturated heterocycles. The van der Waals surface area contributed by atoms with Crippen molar-refractivity contribution in [1.29, 1.82) is 0 Å². The van der Waals surface area contributed by atoms with E-state index in [4.69, 9.17) is 4.74 Å². The lowest BCUT2D eigenvalue weighted by atomic mass is 9.79. The van der Waals surface area contributed by atoms with Crippen molar-refractivity contribution in [3.8, 4) is 0 Å². The van der Waals surface area contributed by atoms with Gasteiger partial charge < -0.3 is 9.64 Å². The van der Waals surface area contributed by atoms with Crippen molar-refractivity contribution in [3.63, 3.8) is 0 Å². The number of amides is 1. The van der Waals surface area contributed by atoms with Gasteiger partial charge in [0, 0.05) is 13.1 Å². The summed E-state index contributed by atoms with van der Waals surface area (Å²) in [5, 5.41) is 0. The van der Waals surface area contributed by atoms with E-state index in [0.717, 1.165) is 6.42 Å². The maximum absolute atomic E-state index is 12.7. The highest BCUT2D eigenvalue weighted by atomic mass is 16.5. The van der Waals surface area contributed by atoms with Crippen LogP contribution in [0.3, 0.4) is 0 Å². The van der Waals surface area contributed by atoms with Crippen molar-refractivity contribution in [2.24, 2.45) is 17.3 Å². The van der Waals surface area contributed by atoms with Crippen molar-refractivity contribution in [2.45, 2.75) is 54.9 Å². The average Bonchev–Trinajstić information content (AvgIpc) is 2.33. The van der Waals surface area contributed by atoms with Crippen molar-refractivity contribution in [1.82, 2.24) is 4.90 Å². The highest BCUT2D eigenvalue weighted by molar-refractivity contribution is 5.98. The van der Waals surface area contributed by atoms with Gasteiger partial charge in [0.25, 0.3) is 0 Å². The fourth-order valence-electron chi connectivity index (χ4n) is 2.11. The highest BCUT2D eigenvalue weighted by Crippen LogP contribution is 2.29. The largest absolute Gasteiger partial charge is 0.465 e. The minimum Gasteiger partial charge on any atom is -0.465 e. The first kappa shape index (κ1) is 18.9. The standard InChI is InChI=1S/C16H31NO3/c1-8-12(4)11-17(9-2)14(18)13(16(5,6)7)15(19)20-10-3/h12-13H,8-11H2,1-7H3. The van der Waals surface area contributed by atoms with Crippen LogP contribution in [0.5, 0.6) is 0 Å². The summed E-state index contributed by atoms with van der Waals surface area (Å²) in [6.45, 7) is 15.3. The molecule has 0 fully saturated rings. The number of rotatable bonds is 7. The Morgan fingerprint density at radius 2 is 1.70 bits per heavy atom. The van der Waals surface area contributed by atoms with Crippen molar-refractivity contribution < 1.29 is 14.3 Å². The maximum atomic E-state index is 12.7. The van der Waals surface area contributed by atoms with Gasteiger partial charge >= 0.3 is 5.97 Å². The van der Waals surface area contributed by atoms with E-state index >= 15 is 0 Å². The van der Waals surface area contributed by atoms with Crippen LogP contribution in [0.4, 0.5) is 0 Å². The molecule has 2 unspecified atom stereocenters. The van der Waals surface area contributed by atoms with Crippen LogP contribution in [-0.2, 0) is 14.3 Å². The van der Waals surface area contributed by atoms with Crippen LogP contribution in [0.25, 0.3) is 0 Å². The molecule has 0 spiro atoms. The molecule has 0 N–H and O–H groups in total. The van der Waals surface area contributed by atoms with E-state index in [2.05, 4.69) is 13.8 Å². The van der Waals surface area contributed by atoms with E-state index in [-0.39, 0.29) is 5.91 Å². The highest BCUT2D eigenvalue weighted by Gasteiger charge is 2.41. The second kappa shape index (κ2) is 8.28. The van der Waals surface area contributed by atoms with E-state index in [1.807, 2.05) is 27.7 Å². The summed E-state index contributed by atoms with van der Waals surface area (Å²) < 4.78 is 5.09. The molecule has 0 aliphatic carbocycles. The predicted octanol–water partition coefficient (Wildman–Crippen LogP) is 3.11. The smallest absolute Gasteiger partial charge is 0.319 e. The fraction of sp³-hybridized carbons (Fsp3) is 0.875. The normalized spacial score (nSPS) is 14.6. The van der Waals surface area contributed by atoms with E-state index in [9.17, 15) is 9.59 Å². The fourth-order valence-corrected chi connectivity index (χ4v) is 2.11. The summed E-state index contributed by atoms with van der Waals surface area (Å²) >= 11 is 0. The molecule has 2 atom stereocenters. The van der Waals surface area contributed by atoms with Gasteiger partial charge in [-0.25, -0.2) is 0 Å². The maximum Gasteiger partial charge on any atom is 0.319 e. The van der Waals surface area contributed by atoms with Crippen LogP contribution in [-0.4, -0.2) is 36.5 Å². The first-order valence-corrected chi connectivity index (χ1v) is 7.64. The number of ether oxygens (including phenoxy) is 1. The first-order valence-electron chi connectivity index (χ1n) is 7.64. The molecule has 0 aromatic carbocycles. The Morgan fingerprint density at radius 1 is 1.15 bits per heavy atom. The lowest BCUT2D eigenvalue weighted by molar-refractivity contribution is -0.160. The predicted molar refractivity (Wildman–Crippen MR) is 81.3 cm³/mol. The molecule has 0 bridgehead atoms. The molecule has 0 aromatic rings. The summed E-state index contributed by atoms with van der Waals surface area (Å²) in [6.07, 6.45) is 1.02. The summed E-state index contributed by atoms with van der Waals surface area (Å²) in [5.74, 6) is -0.820. The molecule has 0 aliphatic rings. The van der Waals surface area contributed by atoms with Gasteiger partial charge in [-0.15, -0.1) is 0 Å². The summed E-state index contributed by atoms with van der Waals surface area (Å²) in [4.78, 5) is 26.6. The van der Waals surface area contributed by atoms with E-state index in [1.54, 1.807) is 11.8 Å². The minimum absolute atomic E-state index is 0.112. The van der Waals surface area contributed by atoms with Gasteiger partial charge in [-0.2, -0.15) is 0 Å².